The zero-order chi connectivity index (χ0) is 11.0. The van der Waals surface area contributed by atoms with Crippen molar-refractivity contribution in [2.75, 3.05) is 7.11 Å². The Kier molecular flexibility index (Phi) is 4.62. The van der Waals surface area contributed by atoms with Crippen LogP contribution in [-0.2, 0) is 9.53 Å². The molecule has 0 saturated heterocycles. The summed E-state index contributed by atoms with van der Waals surface area (Å²) >= 11 is 0. The van der Waals surface area contributed by atoms with Crippen LogP contribution in [0.15, 0.2) is 0 Å². The normalized spacial score (nSPS) is 30.1. The van der Waals surface area contributed by atoms with Gasteiger partial charge in [-0.15, -0.1) is 12.4 Å². The summed E-state index contributed by atoms with van der Waals surface area (Å²) in [6.45, 7) is 6.63. The molecule has 0 aliphatic heterocycles. The van der Waals surface area contributed by atoms with Crippen LogP contribution in [0.3, 0.4) is 0 Å². The van der Waals surface area contributed by atoms with E-state index in [4.69, 9.17) is 5.73 Å². The van der Waals surface area contributed by atoms with Crippen molar-refractivity contribution in [1.29, 1.82) is 0 Å². The highest BCUT2D eigenvalue weighted by Gasteiger charge is 2.48. The SMILES string of the molecule is COC(=O)C1(N)CC(CC(C)(C)C)C1.Cl. The Labute approximate surface area is 98.2 Å². The minimum Gasteiger partial charge on any atom is -0.468 e. The Morgan fingerprint density at radius 3 is 2.27 bits per heavy atom. The Morgan fingerprint density at radius 1 is 1.47 bits per heavy atom. The Hall–Kier alpha value is -0.280. The lowest BCUT2D eigenvalue weighted by atomic mass is 9.64. The third-order valence-corrected chi connectivity index (χ3v) is 2.80. The van der Waals surface area contributed by atoms with Crippen molar-refractivity contribution in [3.8, 4) is 0 Å². The lowest BCUT2D eigenvalue weighted by Gasteiger charge is -2.44. The van der Waals surface area contributed by atoms with Gasteiger partial charge in [0.1, 0.15) is 5.54 Å². The first kappa shape index (κ1) is 14.7. The van der Waals surface area contributed by atoms with Gasteiger partial charge in [-0.2, -0.15) is 0 Å². The van der Waals surface area contributed by atoms with Crippen molar-refractivity contribution in [3.63, 3.8) is 0 Å². The fourth-order valence-electron chi connectivity index (χ4n) is 2.35. The third-order valence-electron chi connectivity index (χ3n) is 2.80. The fourth-order valence-corrected chi connectivity index (χ4v) is 2.35. The average molecular weight is 236 g/mol. The topological polar surface area (TPSA) is 52.3 Å². The molecular weight excluding hydrogens is 214 g/mol. The molecule has 1 fully saturated rings. The van der Waals surface area contributed by atoms with E-state index < -0.39 is 5.54 Å². The molecule has 0 aromatic rings. The third kappa shape index (κ3) is 3.65. The Bertz CT molecular complexity index is 229. The molecule has 1 saturated carbocycles. The minimum atomic E-state index is -0.690. The van der Waals surface area contributed by atoms with Gasteiger partial charge in [-0.1, -0.05) is 20.8 Å². The molecule has 0 atom stereocenters. The quantitative estimate of drug-likeness (QED) is 0.746. The van der Waals surface area contributed by atoms with Crippen LogP contribution in [0.1, 0.15) is 40.0 Å². The number of carbonyl (C=O) groups is 1. The molecule has 0 spiro atoms. The molecule has 15 heavy (non-hydrogen) atoms. The highest BCUT2D eigenvalue weighted by atomic mass is 35.5. The second kappa shape index (κ2) is 4.71. The predicted molar refractivity (Wildman–Crippen MR) is 63.0 cm³/mol. The largest absolute Gasteiger partial charge is 0.468 e. The minimum absolute atomic E-state index is 0. The monoisotopic (exact) mass is 235 g/mol. The highest BCUT2D eigenvalue weighted by Crippen LogP contribution is 2.43. The maximum Gasteiger partial charge on any atom is 0.325 e. The molecule has 0 unspecified atom stereocenters. The zero-order valence-corrected chi connectivity index (χ0v) is 10.8. The van der Waals surface area contributed by atoms with Gasteiger partial charge in [0.25, 0.3) is 0 Å². The number of ether oxygens (including phenoxy) is 1. The molecule has 1 aliphatic rings. The van der Waals surface area contributed by atoms with Crippen LogP contribution in [0.2, 0.25) is 0 Å². The van der Waals surface area contributed by atoms with Crippen LogP contribution < -0.4 is 5.73 Å². The second-order valence-corrected chi connectivity index (χ2v) is 5.69. The van der Waals surface area contributed by atoms with Gasteiger partial charge in [-0.3, -0.25) is 4.79 Å². The van der Waals surface area contributed by atoms with Crippen molar-refractivity contribution < 1.29 is 9.53 Å². The predicted octanol–water partition coefficient (Wildman–Crippen LogP) is 2.12. The number of rotatable bonds is 2. The van der Waals surface area contributed by atoms with Gasteiger partial charge in [-0.25, -0.2) is 0 Å². The molecule has 1 rings (SSSR count). The molecule has 4 heteroatoms. The molecule has 0 amide bonds. The number of nitrogens with two attached hydrogens (primary N) is 1. The van der Waals surface area contributed by atoms with Crippen molar-refractivity contribution in [2.45, 2.75) is 45.6 Å². The summed E-state index contributed by atoms with van der Waals surface area (Å²) in [6, 6.07) is 0. The lowest BCUT2D eigenvalue weighted by molar-refractivity contribution is -0.153. The molecule has 0 bridgehead atoms. The van der Waals surface area contributed by atoms with E-state index in [0.29, 0.717) is 11.3 Å². The first-order valence-electron chi connectivity index (χ1n) is 5.14. The zero-order valence-electron chi connectivity index (χ0n) is 10.0. The molecule has 0 aromatic carbocycles. The maximum absolute atomic E-state index is 11.3. The molecule has 0 radical (unpaired) electrons. The molecule has 3 nitrogen and oxygen atoms in total. The van der Waals surface area contributed by atoms with E-state index in [9.17, 15) is 4.79 Å². The van der Waals surface area contributed by atoms with E-state index in [1.165, 1.54) is 7.11 Å². The van der Waals surface area contributed by atoms with E-state index >= 15 is 0 Å². The van der Waals surface area contributed by atoms with E-state index in [0.717, 1.165) is 19.3 Å². The number of hydrogen-bond acceptors (Lipinski definition) is 3. The van der Waals surface area contributed by atoms with Crippen LogP contribution in [0.5, 0.6) is 0 Å². The molecule has 2 N–H and O–H groups in total. The van der Waals surface area contributed by atoms with E-state index in [2.05, 4.69) is 25.5 Å². The summed E-state index contributed by atoms with van der Waals surface area (Å²) in [5.41, 5.74) is 5.52. The smallest absolute Gasteiger partial charge is 0.325 e. The van der Waals surface area contributed by atoms with Crippen molar-refractivity contribution in [1.82, 2.24) is 0 Å². The van der Waals surface area contributed by atoms with E-state index in [1.54, 1.807) is 0 Å². The molecular formula is C11H22ClNO2. The maximum atomic E-state index is 11.3. The van der Waals surface area contributed by atoms with Gasteiger partial charge in [0.2, 0.25) is 0 Å². The summed E-state index contributed by atoms with van der Waals surface area (Å²) in [7, 11) is 1.40. The number of esters is 1. The van der Waals surface area contributed by atoms with Gasteiger partial charge in [0.15, 0.2) is 0 Å². The van der Waals surface area contributed by atoms with Crippen LogP contribution in [-0.4, -0.2) is 18.6 Å². The standard InChI is InChI=1S/C11H21NO2.ClH/c1-10(2,3)5-8-6-11(12,7-8)9(13)14-4;/h8H,5-7,12H2,1-4H3;1H. The van der Waals surface area contributed by atoms with Gasteiger partial charge < -0.3 is 10.5 Å². The van der Waals surface area contributed by atoms with Gasteiger partial charge in [-0.05, 0) is 30.6 Å². The first-order valence-corrected chi connectivity index (χ1v) is 5.14. The lowest BCUT2D eigenvalue weighted by Crippen LogP contribution is -2.58. The molecule has 90 valence electrons. The average Bonchev–Trinajstić information content (AvgIpc) is 1.97. The number of carbonyl (C=O) groups excluding carboxylic acids is 1. The Balaban J connectivity index is 0.00000196. The summed E-state index contributed by atoms with van der Waals surface area (Å²) < 4.78 is 4.67. The van der Waals surface area contributed by atoms with Gasteiger partial charge >= 0.3 is 5.97 Å². The van der Waals surface area contributed by atoms with Crippen LogP contribution in [0, 0.1) is 11.3 Å². The fraction of sp³-hybridized carbons (Fsp3) is 0.909. The molecule has 0 aromatic heterocycles. The number of methoxy groups -OCH3 is 1. The number of hydrogen-bond donors (Lipinski definition) is 1. The van der Waals surface area contributed by atoms with Gasteiger partial charge in [0.05, 0.1) is 7.11 Å². The van der Waals surface area contributed by atoms with Crippen LogP contribution in [0.25, 0.3) is 0 Å². The second-order valence-electron chi connectivity index (χ2n) is 5.69. The molecule has 0 heterocycles. The Morgan fingerprint density at radius 2 is 1.93 bits per heavy atom. The van der Waals surface area contributed by atoms with Crippen molar-refractivity contribution in [2.24, 2.45) is 17.1 Å². The van der Waals surface area contributed by atoms with Crippen molar-refractivity contribution in [3.05, 3.63) is 0 Å². The summed E-state index contributed by atoms with van der Waals surface area (Å²) in [4.78, 5) is 11.3. The van der Waals surface area contributed by atoms with E-state index in [1.807, 2.05) is 0 Å². The summed E-state index contributed by atoms with van der Waals surface area (Å²) in [5.74, 6) is 0.321. The number of halogens is 1. The first-order chi connectivity index (χ1) is 6.27. The highest BCUT2D eigenvalue weighted by molar-refractivity contribution is 5.85. The van der Waals surface area contributed by atoms with Crippen LogP contribution in [0.4, 0.5) is 0 Å². The molecule has 1 aliphatic carbocycles. The van der Waals surface area contributed by atoms with Gasteiger partial charge in [0, 0.05) is 0 Å². The van der Waals surface area contributed by atoms with Crippen molar-refractivity contribution >= 4 is 18.4 Å². The van der Waals surface area contributed by atoms with Crippen LogP contribution >= 0.6 is 12.4 Å². The summed E-state index contributed by atoms with van der Waals surface area (Å²) in [5, 5.41) is 0. The van der Waals surface area contributed by atoms with E-state index in [-0.39, 0.29) is 18.4 Å². The summed E-state index contributed by atoms with van der Waals surface area (Å²) in [6.07, 6.45) is 2.68.